The number of nitrogens with one attached hydrogen (secondary N) is 1. The summed E-state index contributed by atoms with van der Waals surface area (Å²) in [6.45, 7) is 5.67. The van der Waals surface area contributed by atoms with Gasteiger partial charge in [-0.15, -0.1) is 0 Å². The highest BCUT2D eigenvalue weighted by atomic mass is 35.5. The van der Waals surface area contributed by atoms with Gasteiger partial charge in [-0.2, -0.15) is 0 Å². The summed E-state index contributed by atoms with van der Waals surface area (Å²) in [6.07, 6.45) is 4.00. The second-order valence-corrected chi connectivity index (χ2v) is 5.88. The molecule has 1 aromatic rings. The summed E-state index contributed by atoms with van der Waals surface area (Å²) in [6, 6.07) is 8.76. The third kappa shape index (κ3) is 2.78. The Bertz CT molecular complexity index is 342. The van der Waals surface area contributed by atoms with E-state index in [0.29, 0.717) is 11.5 Å². The van der Waals surface area contributed by atoms with Crippen molar-refractivity contribution in [3.63, 3.8) is 0 Å². The number of benzene rings is 1. The van der Waals surface area contributed by atoms with Crippen LogP contribution in [-0.4, -0.2) is 6.04 Å². The van der Waals surface area contributed by atoms with Crippen molar-refractivity contribution in [2.24, 2.45) is 5.41 Å². The molecule has 1 unspecified atom stereocenters. The van der Waals surface area contributed by atoms with Gasteiger partial charge in [0.1, 0.15) is 0 Å². The molecule has 0 spiro atoms. The molecule has 1 saturated carbocycles. The minimum Gasteiger partial charge on any atom is -0.309 e. The van der Waals surface area contributed by atoms with Crippen molar-refractivity contribution in [1.82, 2.24) is 5.32 Å². The van der Waals surface area contributed by atoms with Gasteiger partial charge in [-0.25, -0.2) is 0 Å². The smallest absolute Gasteiger partial charge is 0.0406 e. The molecule has 2 rings (SSSR count). The summed E-state index contributed by atoms with van der Waals surface area (Å²) < 4.78 is 0. The summed E-state index contributed by atoms with van der Waals surface area (Å²) in [7, 11) is 0. The van der Waals surface area contributed by atoms with Crippen LogP contribution in [0.5, 0.6) is 0 Å². The summed E-state index contributed by atoms with van der Waals surface area (Å²) in [4.78, 5) is 0. The third-order valence-corrected chi connectivity index (χ3v) is 3.98. The first-order chi connectivity index (χ1) is 7.58. The molecule has 0 radical (unpaired) electrons. The van der Waals surface area contributed by atoms with Gasteiger partial charge in [0.2, 0.25) is 0 Å². The van der Waals surface area contributed by atoms with Crippen LogP contribution in [0.15, 0.2) is 24.3 Å². The third-order valence-electron chi connectivity index (χ3n) is 3.72. The van der Waals surface area contributed by atoms with Crippen LogP contribution in [0.25, 0.3) is 0 Å². The van der Waals surface area contributed by atoms with Crippen LogP contribution >= 0.6 is 11.6 Å². The molecule has 0 aromatic heterocycles. The van der Waals surface area contributed by atoms with Crippen molar-refractivity contribution >= 4 is 11.6 Å². The average Bonchev–Trinajstić information content (AvgIpc) is 2.57. The lowest BCUT2D eigenvalue weighted by Crippen LogP contribution is -2.37. The van der Waals surface area contributed by atoms with E-state index in [1.165, 1.54) is 24.8 Å². The predicted molar refractivity (Wildman–Crippen MR) is 69.7 cm³/mol. The van der Waals surface area contributed by atoms with Gasteiger partial charge < -0.3 is 5.32 Å². The number of hydrogen-bond acceptors (Lipinski definition) is 1. The molecule has 2 heteroatoms. The molecule has 1 aliphatic carbocycles. The molecule has 0 saturated heterocycles. The first-order valence-electron chi connectivity index (χ1n) is 6.06. The van der Waals surface area contributed by atoms with E-state index in [-0.39, 0.29) is 0 Å². The van der Waals surface area contributed by atoms with Gasteiger partial charge in [0.25, 0.3) is 0 Å². The normalized spacial score (nSPS) is 23.6. The van der Waals surface area contributed by atoms with Crippen LogP contribution in [0.3, 0.4) is 0 Å². The molecule has 0 amide bonds. The second kappa shape index (κ2) is 4.77. The Balaban J connectivity index is 1.90. The number of hydrogen-bond donors (Lipinski definition) is 1. The average molecular weight is 238 g/mol. The molecule has 0 bridgehead atoms. The molecular formula is C14H20ClN. The Morgan fingerprint density at radius 2 is 2.00 bits per heavy atom. The summed E-state index contributed by atoms with van der Waals surface area (Å²) in [5.41, 5.74) is 1.76. The predicted octanol–water partition coefficient (Wildman–Crippen LogP) is 4.01. The van der Waals surface area contributed by atoms with Gasteiger partial charge in [0, 0.05) is 17.6 Å². The quantitative estimate of drug-likeness (QED) is 0.838. The fourth-order valence-electron chi connectivity index (χ4n) is 2.55. The highest BCUT2D eigenvalue weighted by Gasteiger charge is 2.33. The largest absolute Gasteiger partial charge is 0.309 e. The maximum atomic E-state index is 5.86. The molecule has 1 aliphatic rings. The molecule has 0 heterocycles. The zero-order valence-electron chi connectivity index (χ0n) is 10.1. The van der Waals surface area contributed by atoms with Crippen LogP contribution in [0.2, 0.25) is 5.02 Å². The minimum absolute atomic E-state index is 0.451. The van der Waals surface area contributed by atoms with Gasteiger partial charge in [0.15, 0.2) is 0 Å². The van der Waals surface area contributed by atoms with Gasteiger partial charge in [-0.05, 0) is 36.0 Å². The Labute approximate surface area is 103 Å². The monoisotopic (exact) mass is 237 g/mol. The molecule has 1 fully saturated rings. The molecule has 1 atom stereocenters. The standard InChI is InChI=1S/C14H20ClN/c1-14(2)9-3-4-13(14)16-10-11-5-7-12(15)8-6-11/h5-8,13,16H,3-4,9-10H2,1-2H3. The van der Waals surface area contributed by atoms with Crippen LogP contribution in [0.4, 0.5) is 0 Å². The highest BCUT2D eigenvalue weighted by Crippen LogP contribution is 2.37. The zero-order chi connectivity index (χ0) is 11.6. The molecule has 1 nitrogen and oxygen atoms in total. The highest BCUT2D eigenvalue weighted by molar-refractivity contribution is 6.30. The van der Waals surface area contributed by atoms with E-state index in [1.54, 1.807) is 0 Å². The van der Waals surface area contributed by atoms with E-state index in [1.807, 2.05) is 12.1 Å². The molecule has 88 valence electrons. The number of halogens is 1. The molecule has 1 aromatic carbocycles. The number of rotatable bonds is 3. The first kappa shape index (κ1) is 11.9. The summed E-state index contributed by atoms with van der Waals surface area (Å²) in [5.74, 6) is 0. The van der Waals surface area contributed by atoms with Crippen molar-refractivity contribution in [3.8, 4) is 0 Å². The minimum atomic E-state index is 0.451. The second-order valence-electron chi connectivity index (χ2n) is 5.44. The van der Waals surface area contributed by atoms with E-state index in [9.17, 15) is 0 Å². The van der Waals surface area contributed by atoms with Crippen molar-refractivity contribution < 1.29 is 0 Å². The molecule has 16 heavy (non-hydrogen) atoms. The Kier molecular flexibility index (Phi) is 3.56. The lowest BCUT2D eigenvalue weighted by Gasteiger charge is -2.28. The topological polar surface area (TPSA) is 12.0 Å². The molecular weight excluding hydrogens is 218 g/mol. The zero-order valence-corrected chi connectivity index (χ0v) is 10.8. The fraction of sp³-hybridized carbons (Fsp3) is 0.571. The van der Waals surface area contributed by atoms with Crippen LogP contribution in [-0.2, 0) is 6.54 Å². The molecule has 1 N–H and O–H groups in total. The lowest BCUT2D eigenvalue weighted by atomic mass is 9.87. The Morgan fingerprint density at radius 1 is 1.31 bits per heavy atom. The maximum Gasteiger partial charge on any atom is 0.0406 e. The van der Waals surface area contributed by atoms with Crippen LogP contribution in [0, 0.1) is 5.41 Å². The Hall–Kier alpha value is -0.530. The Morgan fingerprint density at radius 3 is 2.56 bits per heavy atom. The van der Waals surface area contributed by atoms with Crippen molar-refractivity contribution in [2.45, 2.75) is 45.7 Å². The van der Waals surface area contributed by atoms with Crippen molar-refractivity contribution in [1.29, 1.82) is 0 Å². The first-order valence-corrected chi connectivity index (χ1v) is 6.43. The van der Waals surface area contributed by atoms with E-state index in [4.69, 9.17) is 11.6 Å². The van der Waals surface area contributed by atoms with Crippen molar-refractivity contribution in [3.05, 3.63) is 34.9 Å². The summed E-state index contributed by atoms with van der Waals surface area (Å²) >= 11 is 5.86. The van der Waals surface area contributed by atoms with E-state index < -0.39 is 0 Å². The van der Waals surface area contributed by atoms with Gasteiger partial charge in [0.05, 0.1) is 0 Å². The van der Waals surface area contributed by atoms with Gasteiger partial charge >= 0.3 is 0 Å². The lowest BCUT2D eigenvalue weighted by molar-refractivity contribution is 0.282. The van der Waals surface area contributed by atoms with Gasteiger partial charge in [-0.3, -0.25) is 0 Å². The fourth-order valence-corrected chi connectivity index (χ4v) is 2.67. The van der Waals surface area contributed by atoms with E-state index in [0.717, 1.165) is 11.6 Å². The van der Waals surface area contributed by atoms with E-state index in [2.05, 4.69) is 31.3 Å². The summed E-state index contributed by atoms with van der Waals surface area (Å²) in [5, 5.41) is 4.47. The SMILES string of the molecule is CC1(C)CCCC1NCc1ccc(Cl)cc1. The van der Waals surface area contributed by atoms with Crippen LogP contribution < -0.4 is 5.32 Å². The van der Waals surface area contributed by atoms with Crippen LogP contribution in [0.1, 0.15) is 38.7 Å². The maximum absolute atomic E-state index is 5.86. The van der Waals surface area contributed by atoms with E-state index >= 15 is 0 Å². The van der Waals surface area contributed by atoms with Crippen molar-refractivity contribution in [2.75, 3.05) is 0 Å². The molecule has 0 aliphatic heterocycles. The van der Waals surface area contributed by atoms with Gasteiger partial charge in [-0.1, -0.05) is 44.0 Å².